The molecule has 0 atom stereocenters. The van der Waals surface area contributed by atoms with Crippen molar-refractivity contribution in [1.29, 1.82) is 0 Å². The van der Waals surface area contributed by atoms with Gasteiger partial charge in [0, 0.05) is 11.6 Å². The second kappa shape index (κ2) is 2.92. The Bertz CT molecular complexity index is 385. The van der Waals surface area contributed by atoms with Crippen molar-refractivity contribution in [3.8, 4) is 0 Å². The number of hydrogen-bond donors (Lipinski definition) is 0. The van der Waals surface area contributed by atoms with Gasteiger partial charge in [0.05, 0.1) is 15.6 Å². The largest absolute Gasteiger partial charge is 0.255 e. The molecule has 0 saturated carbocycles. The first-order valence-corrected chi connectivity index (χ1v) is 4.23. The fourth-order valence-electron chi connectivity index (χ4n) is 1.11. The van der Waals surface area contributed by atoms with Crippen LogP contribution >= 0.6 is 23.2 Å². The number of para-hydroxylation sites is 1. The van der Waals surface area contributed by atoms with Crippen molar-refractivity contribution >= 4 is 34.1 Å². The van der Waals surface area contributed by atoms with E-state index < -0.39 is 0 Å². The van der Waals surface area contributed by atoms with Gasteiger partial charge < -0.3 is 0 Å². The molecule has 12 heavy (non-hydrogen) atoms. The highest BCUT2D eigenvalue weighted by Crippen LogP contribution is 2.26. The van der Waals surface area contributed by atoms with E-state index in [0.29, 0.717) is 10.0 Å². The molecule has 2 aromatic rings. The number of benzene rings is 1. The highest BCUT2D eigenvalue weighted by Gasteiger charge is 2.01. The van der Waals surface area contributed by atoms with Crippen LogP contribution in [-0.2, 0) is 0 Å². The fraction of sp³-hybridized carbons (Fsp3) is 0. The van der Waals surface area contributed by atoms with Crippen molar-refractivity contribution in [2.75, 3.05) is 0 Å². The minimum atomic E-state index is 0.634. The summed E-state index contributed by atoms with van der Waals surface area (Å²) in [5.74, 6) is 0. The zero-order chi connectivity index (χ0) is 8.55. The first kappa shape index (κ1) is 7.84. The van der Waals surface area contributed by atoms with Crippen LogP contribution in [0.15, 0.2) is 30.5 Å². The maximum absolute atomic E-state index is 5.93. The maximum Gasteiger partial charge on any atom is 0.0903 e. The number of halogens is 2. The van der Waals surface area contributed by atoms with Crippen LogP contribution in [0.4, 0.5) is 0 Å². The quantitative estimate of drug-likeness (QED) is 0.630. The van der Waals surface area contributed by atoms with Gasteiger partial charge in [-0.3, -0.25) is 4.98 Å². The van der Waals surface area contributed by atoms with Crippen molar-refractivity contribution in [2.24, 2.45) is 0 Å². The molecule has 0 bridgehead atoms. The summed E-state index contributed by atoms with van der Waals surface area (Å²) in [6.07, 6.45) is 1.65. The van der Waals surface area contributed by atoms with E-state index in [1.54, 1.807) is 18.3 Å². The lowest BCUT2D eigenvalue weighted by atomic mass is 10.2. The second-order valence-electron chi connectivity index (χ2n) is 2.43. The lowest BCUT2D eigenvalue weighted by Crippen LogP contribution is -1.79. The molecule has 1 aromatic carbocycles. The zero-order valence-electron chi connectivity index (χ0n) is 6.09. The second-order valence-corrected chi connectivity index (χ2v) is 3.24. The van der Waals surface area contributed by atoms with Crippen LogP contribution in [0.5, 0.6) is 0 Å². The molecule has 1 heterocycles. The first-order chi connectivity index (χ1) is 5.79. The van der Waals surface area contributed by atoms with Gasteiger partial charge in [-0.1, -0.05) is 35.3 Å². The molecule has 0 amide bonds. The average Bonchev–Trinajstić information content (AvgIpc) is 2.07. The van der Waals surface area contributed by atoms with E-state index in [9.17, 15) is 0 Å². The Balaban J connectivity index is 2.94. The summed E-state index contributed by atoms with van der Waals surface area (Å²) in [4.78, 5) is 4.13. The van der Waals surface area contributed by atoms with Gasteiger partial charge in [-0.2, -0.15) is 0 Å². The molecule has 0 fully saturated rings. The highest BCUT2D eigenvalue weighted by molar-refractivity contribution is 6.39. The minimum absolute atomic E-state index is 0.634. The van der Waals surface area contributed by atoms with E-state index in [1.165, 1.54) is 0 Å². The molecule has 0 spiro atoms. The molecule has 1 nitrogen and oxygen atoms in total. The first-order valence-electron chi connectivity index (χ1n) is 3.48. The summed E-state index contributed by atoms with van der Waals surface area (Å²) < 4.78 is 0. The van der Waals surface area contributed by atoms with Gasteiger partial charge in [-0.25, -0.2) is 0 Å². The Labute approximate surface area is 79.9 Å². The van der Waals surface area contributed by atoms with Crippen LogP contribution in [0.2, 0.25) is 10.0 Å². The summed E-state index contributed by atoms with van der Waals surface area (Å²) in [6, 6.07) is 7.31. The van der Waals surface area contributed by atoms with Gasteiger partial charge >= 0.3 is 0 Å². The topological polar surface area (TPSA) is 12.9 Å². The van der Waals surface area contributed by atoms with Crippen molar-refractivity contribution in [3.05, 3.63) is 40.5 Å². The third-order valence-corrected chi connectivity index (χ3v) is 2.30. The lowest BCUT2D eigenvalue weighted by molar-refractivity contribution is 1.41. The van der Waals surface area contributed by atoms with E-state index in [1.807, 2.05) is 12.1 Å². The molecule has 0 aliphatic heterocycles. The van der Waals surface area contributed by atoms with Gasteiger partial charge in [0.1, 0.15) is 0 Å². The Morgan fingerprint density at radius 2 is 1.83 bits per heavy atom. The molecule has 0 N–H and O–H groups in total. The van der Waals surface area contributed by atoms with Gasteiger partial charge in [0.2, 0.25) is 0 Å². The Hall–Kier alpha value is -0.790. The average molecular weight is 198 g/mol. The van der Waals surface area contributed by atoms with Crippen LogP contribution < -0.4 is 0 Å². The van der Waals surface area contributed by atoms with E-state index >= 15 is 0 Å². The highest BCUT2D eigenvalue weighted by atomic mass is 35.5. The van der Waals surface area contributed by atoms with Crippen molar-refractivity contribution < 1.29 is 0 Å². The number of rotatable bonds is 0. The van der Waals surface area contributed by atoms with Crippen LogP contribution in [0.3, 0.4) is 0 Å². The van der Waals surface area contributed by atoms with Gasteiger partial charge in [0.25, 0.3) is 0 Å². The Morgan fingerprint density at radius 3 is 2.58 bits per heavy atom. The van der Waals surface area contributed by atoms with Crippen molar-refractivity contribution in [2.45, 2.75) is 0 Å². The molecule has 60 valence electrons. The molecule has 2 rings (SSSR count). The molecule has 0 aliphatic rings. The fourth-order valence-corrected chi connectivity index (χ4v) is 1.54. The standard InChI is InChI=1S/C9H5Cl2N/c10-7-4-5-12-9-6(7)2-1-3-8(9)11/h1-5H. The van der Waals surface area contributed by atoms with Crippen molar-refractivity contribution in [1.82, 2.24) is 4.98 Å². The normalized spacial score (nSPS) is 10.5. The van der Waals surface area contributed by atoms with Crippen molar-refractivity contribution in [3.63, 3.8) is 0 Å². The summed E-state index contributed by atoms with van der Waals surface area (Å²) in [5.41, 5.74) is 0.756. The zero-order valence-corrected chi connectivity index (χ0v) is 7.60. The number of hydrogen-bond acceptors (Lipinski definition) is 1. The molecule has 0 saturated heterocycles. The summed E-state index contributed by atoms with van der Waals surface area (Å²) in [6.45, 7) is 0. The Kier molecular flexibility index (Phi) is 1.91. The smallest absolute Gasteiger partial charge is 0.0903 e. The molecule has 0 radical (unpaired) electrons. The van der Waals surface area contributed by atoms with Crippen LogP contribution in [0, 0.1) is 0 Å². The van der Waals surface area contributed by atoms with E-state index in [2.05, 4.69) is 4.98 Å². The summed E-state index contributed by atoms with van der Waals surface area (Å²) >= 11 is 11.8. The van der Waals surface area contributed by atoms with E-state index in [-0.39, 0.29) is 0 Å². The molecular weight excluding hydrogens is 193 g/mol. The predicted octanol–water partition coefficient (Wildman–Crippen LogP) is 3.54. The van der Waals surface area contributed by atoms with Gasteiger partial charge in [-0.05, 0) is 12.1 Å². The number of aromatic nitrogens is 1. The molecule has 3 heteroatoms. The number of fused-ring (bicyclic) bond motifs is 1. The summed E-state index contributed by atoms with van der Waals surface area (Å²) in [5, 5.41) is 2.21. The van der Waals surface area contributed by atoms with Crippen LogP contribution in [0.1, 0.15) is 0 Å². The monoisotopic (exact) mass is 197 g/mol. The Morgan fingerprint density at radius 1 is 1.00 bits per heavy atom. The summed E-state index contributed by atoms with van der Waals surface area (Å²) in [7, 11) is 0. The molecular formula is C9H5Cl2N. The van der Waals surface area contributed by atoms with Gasteiger partial charge in [-0.15, -0.1) is 0 Å². The third-order valence-electron chi connectivity index (χ3n) is 1.67. The molecule has 0 aliphatic carbocycles. The third kappa shape index (κ3) is 1.15. The van der Waals surface area contributed by atoms with E-state index in [4.69, 9.17) is 23.2 Å². The van der Waals surface area contributed by atoms with Crippen LogP contribution in [-0.4, -0.2) is 4.98 Å². The van der Waals surface area contributed by atoms with Gasteiger partial charge in [0.15, 0.2) is 0 Å². The van der Waals surface area contributed by atoms with E-state index in [0.717, 1.165) is 10.9 Å². The minimum Gasteiger partial charge on any atom is -0.255 e. The number of pyridine rings is 1. The maximum atomic E-state index is 5.93. The predicted molar refractivity (Wildman–Crippen MR) is 51.8 cm³/mol. The molecule has 1 aromatic heterocycles. The van der Waals surface area contributed by atoms with Crippen LogP contribution in [0.25, 0.3) is 10.9 Å². The SMILES string of the molecule is Clc1ccnc2c(Cl)cccc12. The number of nitrogens with zero attached hydrogens (tertiary/aromatic N) is 1. The lowest BCUT2D eigenvalue weighted by Gasteiger charge is -1.99. The molecule has 0 unspecified atom stereocenters.